The van der Waals surface area contributed by atoms with Gasteiger partial charge in [-0.05, 0) is 30.9 Å². The SMILES string of the molecule is CCNC(c1ccccc1F)C1(C)CCCC1. The summed E-state index contributed by atoms with van der Waals surface area (Å²) in [6.45, 7) is 5.26. The second kappa shape index (κ2) is 5.18. The van der Waals surface area contributed by atoms with Crippen molar-refractivity contribution in [2.24, 2.45) is 5.41 Å². The maximum atomic E-state index is 13.9. The standard InChI is InChI=1S/C15H22FN/c1-3-17-14(15(2)10-6-7-11-15)12-8-4-5-9-13(12)16/h4-5,8-9,14,17H,3,6-7,10-11H2,1-2H3. The zero-order chi connectivity index (χ0) is 12.3. The van der Waals surface area contributed by atoms with Crippen LogP contribution in [0.2, 0.25) is 0 Å². The van der Waals surface area contributed by atoms with Crippen molar-refractivity contribution in [2.75, 3.05) is 6.54 Å². The number of hydrogen-bond donors (Lipinski definition) is 1. The highest BCUT2D eigenvalue weighted by molar-refractivity contribution is 5.23. The Morgan fingerprint density at radius 1 is 1.29 bits per heavy atom. The van der Waals surface area contributed by atoms with Crippen LogP contribution in [0.25, 0.3) is 0 Å². The number of rotatable bonds is 4. The van der Waals surface area contributed by atoms with Gasteiger partial charge in [-0.2, -0.15) is 0 Å². The molecule has 0 radical (unpaired) electrons. The molecule has 2 rings (SSSR count). The van der Waals surface area contributed by atoms with E-state index in [2.05, 4.69) is 19.2 Å². The third-order valence-corrected chi connectivity index (χ3v) is 4.07. The highest BCUT2D eigenvalue weighted by Crippen LogP contribution is 2.47. The Morgan fingerprint density at radius 2 is 1.94 bits per heavy atom. The Morgan fingerprint density at radius 3 is 2.53 bits per heavy atom. The van der Waals surface area contributed by atoms with Crippen molar-refractivity contribution < 1.29 is 4.39 Å². The molecule has 1 N–H and O–H groups in total. The van der Waals surface area contributed by atoms with Crippen molar-refractivity contribution in [3.8, 4) is 0 Å². The van der Waals surface area contributed by atoms with Gasteiger partial charge in [-0.15, -0.1) is 0 Å². The maximum Gasteiger partial charge on any atom is 0.127 e. The molecule has 0 amide bonds. The van der Waals surface area contributed by atoms with E-state index in [0.29, 0.717) is 0 Å². The number of halogens is 1. The van der Waals surface area contributed by atoms with Crippen LogP contribution in [-0.2, 0) is 0 Å². The lowest BCUT2D eigenvalue weighted by atomic mass is 9.77. The van der Waals surface area contributed by atoms with Gasteiger partial charge >= 0.3 is 0 Å². The number of benzene rings is 1. The quantitative estimate of drug-likeness (QED) is 0.830. The number of nitrogens with one attached hydrogen (secondary N) is 1. The van der Waals surface area contributed by atoms with Crippen molar-refractivity contribution in [1.82, 2.24) is 5.32 Å². The minimum absolute atomic E-state index is 0.0772. The van der Waals surface area contributed by atoms with Gasteiger partial charge in [-0.25, -0.2) is 4.39 Å². The van der Waals surface area contributed by atoms with Crippen LogP contribution in [0.5, 0.6) is 0 Å². The molecule has 1 aromatic rings. The van der Waals surface area contributed by atoms with E-state index in [4.69, 9.17) is 0 Å². The summed E-state index contributed by atoms with van der Waals surface area (Å²) in [5.41, 5.74) is 1.04. The van der Waals surface area contributed by atoms with E-state index in [1.807, 2.05) is 12.1 Å². The van der Waals surface area contributed by atoms with Gasteiger partial charge in [0.25, 0.3) is 0 Å². The van der Waals surface area contributed by atoms with Gasteiger partial charge in [0.1, 0.15) is 5.82 Å². The largest absolute Gasteiger partial charge is 0.310 e. The fourth-order valence-electron chi connectivity index (χ4n) is 3.12. The van der Waals surface area contributed by atoms with Crippen LogP contribution in [0.4, 0.5) is 4.39 Å². The summed E-state index contributed by atoms with van der Waals surface area (Å²) < 4.78 is 13.9. The van der Waals surface area contributed by atoms with Crippen molar-refractivity contribution in [2.45, 2.75) is 45.6 Å². The first-order valence-electron chi connectivity index (χ1n) is 6.65. The van der Waals surface area contributed by atoms with E-state index < -0.39 is 0 Å². The summed E-state index contributed by atoms with van der Waals surface area (Å²) in [4.78, 5) is 0. The van der Waals surface area contributed by atoms with Gasteiger partial charge in [0.05, 0.1) is 0 Å². The first-order valence-corrected chi connectivity index (χ1v) is 6.65. The van der Waals surface area contributed by atoms with Gasteiger partial charge < -0.3 is 5.32 Å². The molecule has 1 unspecified atom stereocenters. The van der Waals surface area contributed by atoms with Crippen LogP contribution in [0.15, 0.2) is 24.3 Å². The Hall–Kier alpha value is -0.890. The molecule has 1 nitrogen and oxygen atoms in total. The first-order chi connectivity index (χ1) is 8.17. The van der Waals surface area contributed by atoms with Crippen LogP contribution in [0, 0.1) is 11.2 Å². The van der Waals surface area contributed by atoms with E-state index in [1.54, 1.807) is 12.1 Å². The molecule has 94 valence electrons. The molecule has 0 heterocycles. The van der Waals surface area contributed by atoms with Gasteiger partial charge in [-0.1, -0.05) is 44.9 Å². The van der Waals surface area contributed by atoms with E-state index in [1.165, 1.54) is 25.7 Å². The Labute approximate surface area is 103 Å². The highest BCUT2D eigenvalue weighted by Gasteiger charge is 2.38. The summed E-state index contributed by atoms with van der Waals surface area (Å²) >= 11 is 0. The van der Waals surface area contributed by atoms with Crippen molar-refractivity contribution in [3.63, 3.8) is 0 Å². The average molecular weight is 235 g/mol. The van der Waals surface area contributed by atoms with Crippen LogP contribution in [0.1, 0.15) is 51.1 Å². The van der Waals surface area contributed by atoms with Gasteiger partial charge in [0.2, 0.25) is 0 Å². The highest BCUT2D eigenvalue weighted by atomic mass is 19.1. The fourth-order valence-corrected chi connectivity index (χ4v) is 3.12. The predicted octanol–water partition coefficient (Wildman–Crippen LogP) is 4.06. The first kappa shape index (κ1) is 12.6. The lowest BCUT2D eigenvalue weighted by molar-refractivity contribution is 0.221. The van der Waals surface area contributed by atoms with Crippen LogP contribution < -0.4 is 5.32 Å². The summed E-state index contributed by atoms with van der Waals surface area (Å²) in [7, 11) is 0. The van der Waals surface area contributed by atoms with E-state index >= 15 is 0 Å². The summed E-state index contributed by atoms with van der Waals surface area (Å²) in [6, 6.07) is 7.33. The second-order valence-electron chi connectivity index (χ2n) is 5.37. The molecular weight excluding hydrogens is 213 g/mol. The summed E-state index contributed by atoms with van der Waals surface area (Å²) in [6.07, 6.45) is 4.93. The third kappa shape index (κ3) is 2.52. The third-order valence-electron chi connectivity index (χ3n) is 4.07. The van der Waals surface area contributed by atoms with Crippen molar-refractivity contribution in [3.05, 3.63) is 35.6 Å². The van der Waals surface area contributed by atoms with E-state index in [0.717, 1.165) is 12.1 Å². The molecule has 0 aliphatic heterocycles. The predicted molar refractivity (Wildman–Crippen MR) is 69.4 cm³/mol. The Bertz CT molecular complexity index is 369. The normalized spacial score (nSPS) is 20.4. The molecule has 1 fully saturated rings. The minimum Gasteiger partial charge on any atom is -0.310 e. The molecule has 1 saturated carbocycles. The lowest BCUT2D eigenvalue weighted by Gasteiger charge is -2.35. The van der Waals surface area contributed by atoms with Gasteiger partial charge in [-0.3, -0.25) is 0 Å². The van der Waals surface area contributed by atoms with Gasteiger partial charge in [0, 0.05) is 11.6 Å². The topological polar surface area (TPSA) is 12.0 Å². The zero-order valence-corrected chi connectivity index (χ0v) is 10.8. The molecule has 0 saturated heterocycles. The molecular formula is C15H22FN. The second-order valence-corrected chi connectivity index (χ2v) is 5.37. The van der Waals surface area contributed by atoms with Crippen LogP contribution in [0.3, 0.4) is 0 Å². The van der Waals surface area contributed by atoms with Crippen LogP contribution in [-0.4, -0.2) is 6.54 Å². The summed E-state index contributed by atoms with van der Waals surface area (Å²) in [5.74, 6) is -0.0772. The molecule has 2 heteroatoms. The Kier molecular flexibility index (Phi) is 3.82. The smallest absolute Gasteiger partial charge is 0.127 e. The molecule has 1 aliphatic carbocycles. The monoisotopic (exact) mass is 235 g/mol. The Balaban J connectivity index is 2.32. The minimum atomic E-state index is -0.0772. The van der Waals surface area contributed by atoms with Crippen molar-refractivity contribution >= 4 is 0 Å². The molecule has 0 bridgehead atoms. The molecule has 1 aromatic carbocycles. The van der Waals surface area contributed by atoms with Gasteiger partial charge in [0.15, 0.2) is 0 Å². The zero-order valence-electron chi connectivity index (χ0n) is 10.8. The lowest BCUT2D eigenvalue weighted by Crippen LogP contribution is -2.35. The molecule has 1 aliphatic rings. The van der Waals surface area contributed by atoms with E-state index in [-0.39, 0.29) is 17.3 Å². The van der Waals surface area contributed by atoms with Crippen molar-refractivity contribution in [1.29, 1.82) is 0 Å². The van der Waals surface area contributed by atoms with E-state index in [9.17, 15) is 4.39 Å². The maximum absolute atomic E-state index is 13.9. The molecule has 1 atom stereocenters. The molecule has 17 heavy (non-hydrogen) atoms. The van der Waals surface area contributed by atoms with Crippen LogP contribution >= 0.6 is 0 Å². The molecule has 0 spiro atoms. The average Bonchev–Trinajstić information content (AvgIpc) is 2.75. The number of hydrogen-bond acceptors (Lipinski definition) is 1. The summed E-state index contributed by atoms with van der Waals surface area (Å²) in [5, 5.41) is 3.48. The fraction of sp³-hybridized carbons (Fsp3) is 0.600. The molecule has 0 aromatic heterocycles.